The van der Waals surface area contributed by atoms with Crippen molar-refractivity contribution >= 4 is 18.0 Å². The second-order valence-corrected chi connectivity index (χ2v) is 2.30. The lowest BCUT2D eigenvalue weighted by Crippen LogP contribution is -1.87. The highest BCUT2D eigenvalue weighted by Crippen LogP contribution is 2.13. The normalized spacial score (nSPS) is 10.2. The van der Waals surface area contributed by atoms with Gasteiger partial charge in [-0.05, 0) is 11.6 Å². The van der Waals surface area contributed by atoms with E-state index in [0.29, 0.717) is 5.56 Å². The van der Waals surface area contributed by atoms with Crippen LogP contribution in [0.4, 0.5) is 5.69 Å². The largest absolute Gasteiger partial charge is 0.286 e. The fourth-order valence-electron chi connectivity index (χ4n) is 0.872. The van der Waals surface area contributed by atoms with E-state index in [1.807, 2.05) is 0 Å². The fraction of sp³-hybridized carbons (Fsp3) is 0. The Morgan fingerprint density at radius 3 is 2.85 bits per heavy atom. The molecule has 1 rings (SSSR count). The lowest BCUT2D eigenvalue weighted by Gasteiger charge is -1.92. The zero-order valence-electron chi connectivity index (χ0n) is 6.64. The van der Waals surface area contributed by atoms with E-state index in [0.717, 1.165) is 0 Å². The first kappa shape index (κ1) is 9.12. The molecular weight excluding hydrogens is 170 g/mol. The van der Waals surface area contributed by atoms with Crippen LogP contribution < -0.4 is 0 Å². The van der Waals surface area contributed by atoms with Crippen LogP contribution in [0.5, 0.6) is 0 Å². The Hall–Kier alpha value is -1.97. The molecule has 13 heavy (non-hydrogen) atoms. The van der Waals surface area contributed by atoms with Gasteiger partial charge in [-0.1, -0.05) is 18.2 Å². The van der Waals surface area contributed by atoms with Crippen molar-refractivity contribution in [1.82, 2.24) is 0 Å². The zero-order valence-corrected chi connectivity index (χ0v) is 6.64. The van der Waals surface area contributed by atoms with Crippen LogP contribution in [0, 0.1) is 10.1 Å². The van der Waals surface area contributed by atoms with Gasteiger partial charge in [-0.25, -0.2) is 0 Å². The zero-order chi connectivity index (χ0) is 9.68. The summed E-state index contributed by atoms with van der Waals surface area (Å²) in [4.78, 5) is 19.7. The highest BCUT2D eigenvalue weighted by molar-refractivity contribution is 5.74. The van der Waals surface area contributed by atoms with Gasteiger partial charge in [0.2, 0.25) is 6.29 Å². The van der Waals surface area contributed by atoms with Crippen molar-refractivity contribution < 1.29 is 9.72 Å². The molecule has 1 aromatic carbocycles. The summed E-state index contributed by atoms with van der Waals surface area (Å²) in [6, 6.07) is 6.00. The number of rotatable bonds is 3. The van der Waals surface area contributed by atoms with Crippen molar-refractivity contribution in [3.05, 3.63) is 46.0 Å². The monoisotopic (exact) mass is 176 g/mol. The molecule has 0 bridgehead atoms. The summed E-state index contributed by atoms with van der Waals surface area (Å²) >= 11 is 0. The molecule has 0 spiro atoms. The summed E-state index contributed by atoms with van der Waals surface area (Å²) in [5.41, 5.74) is 0.616. The first-order valence-corrected chi connectivity index (χ1v) is 3.52. The maximum Gasteiger partial charge on any atom is 0.270 e. The predicted octanol–water partition coefficient (Wildman–Crippen LogP) is 1.72. The maximum absolute atomic E-state index is 10.3. The van der Waals surface area contributed by atoms with Crippen LogP contribution in [0.15, 0.2) is 30.3 Å². The third-order valence-corrected chi connectivity index (χ3v) is 1.42. The van der Waals surface area contributed by atoms with Gasteiger partial charge >= 0.3 is 0 Å². The van der Waals surface area contributed by atoms with Crippen LogP contribution in [0.2, 0.25) is 0 Å². The quantitative estimate of drug-likeness (QED) is 0.400. The number of benzene rings is 1. The summed E-state index contributed by atoms with van der Waals surface area (Å²) in [7, 11) is 0. The van der Waals surface area contributed by atoms with Crippen LogP contribution in [-0.2, 0) is 4.79 Å². The Morgan fingerprint density at radius 2 is 2.23 bits per heavy atom. The standard InChI is InChI=1S/C9H6NO3/c11-6-2-4-8-3-1-5-9(7-8)10(12)13/h1-5,7H/b4-2+. The maximum atomic E-state index is 10.3. The van der Waals surface area contributed by atoms with Crippen molar-refractivity contribution in [2.75, 3.05) is 0 Å². The third-order valence-electron chi connectivity index (χ3n) is 1.42. The molecular formula is C9H6NO3. The van der Waals surface area contributed by atoms with Crippen molar-refractivity contribution in [2.24, 2.45) is 0 Å². The minimum Gasteiger partial charge on any atom is -0.286 e. The number of nitro groups is 1. The molecule has 1 radical (unpaired) electrons. The highest BCUT2D eigenvalue weighted by Gasteiger charge is 2.02. The van der Waals surface area contributed by atoms with Crippen molar-refractivity contribution in [1.29, 1.82) is 0 Å². The molecule has 0 unspecified atom stereocenters. The molecule has 0 N–H and O–H groups in total. The summed E-state index contributed by atoms with van der Waals surface area (Å²) in [5, 5.41) is 10.3. The molecule has 0 saturated heterocycles. The van der Waals surface area contributed by atoms with Gasteiger partial charge in [-0.2, -0.15) is 0 Å². The molecule has 0 aliphatic heterocycles. The molecule has 0 aliphatic rings. The minimum absolute atomic E-state index is 0.00745. The fourth-order valence-corrected chi connectivity index (χ4v) is 0.872. The van der Waals surface area contributed by atoms with E-state index in [1.54, 1.807) is 18.4 Å². The SMILES string of the molecule is O=[C]/C=C/c1cccc([N+](=O)[O-])c1. The van der Waals surface area contributed by atoms with Gasteiger partial charge in [0.05, 0.1) is 4.92 Å². The average molecular weight is 176 g/mol. The second-order valence-electron chi connectivity index (χ2n) is 2.30. The van der Waals surface area contributed by atoms with E-state index in [4.69, 9.17) is 0 Å². The number of nitro benzene ring substituents is 1. The average Bonchev–Trinajstić information content (AvgIpc) is 2.15. The summed E-state index contributed by atoms with van der Waals surface area (Å²) in [6.07, 6.45) is 4.19. The smallest absolute Gasteiger partial charge is 0.270 e. The molecule has 0 aliphatic carbocycles. The Labute approximate surface area is 74.7 Å². The van der Waals surface area contributed by atoms with Crippen LogP contribution in [0.3, 0.4) is 0 Å². The third kappa shape index (κ3) is 2.52. The molecule has 65 valence electrons. The first-order valence-electron chi connectivity index (χ1n) is 3.52. The molecule has 0 saturated carbocycles. The lowest BCUT2D eigenvalue weighted by molar-refractivity contribution is -0.384. The first-order chi connectivity index (χ1) is 6.24. The van der Waals surface area contributed by atoms with Gasteiger partial charge in [-0.3, -0.25) is 14.9 Å². The van der Waals surface area contributed by atoms with E-state index in [-0.39, 0.29) is 5.69 Å². The van der Waals surface area contributed by atoms with Crippen molar-refractivity contribution in [2.45, 2.75) is 0 Å². The summed E-state index contributed by atoms with van der Waals surface area (Å²) in [6.45, 7) is 0. The highest BCUT2D eigenvalue weighted by atomic mass is 16.6. The molecule has 4 heteroatoms. The van der Waals surface area contributed by atoms with Crippen LogP contribution in [-0.4, -0.2) is 11.2 Å². The minimum atomic E-state index is -0.484. The molecule has 0 heterocycles. The molecule has 1 aromatic rings. The molecule has 4 nitrogen and oxygen atoms in total. The Kier molecular flexibility index (Phi) is 2.92. The molecule has 0 fully saturated rings. The van der Waals surface area contributed by atoms with Gasteiger partial charge in [0, 0.05) is 12.1 Å². The predicted molar refractivity (Wildman–Crippen MR) is 47.8 cm³/mol. The number of allylic oxidation sites excluding steroid dienone is 1. The van der Waals surface area contributed by atoms with Gasteiger partial charge in [-0.15, -0.1) is 0 Å². The van der Waals surface area contributed by atoms with Crippen molar-refractivity contribution in [3.8, 4) is 0 Å². The van der Waals surface area contributed by atoms with Crippen LogP contribution in [0.25, 0.3) is 6.08 Å². The van der Waals surface area contributed by atoms with E-state index in [2.05, 4.69) is 0 Å². The molecule has 0 atom stereocenters. The number of non-ortho nitro benzene ring substituents is 1. The van der Waals surface area contributed by atoms with Crippen LogP contribution >= 0.6 is 0 Å². The lowest BCUT2D eigenvalue weighted by atomic mass is 10.2. The van der Waals surface area contributed by atoms with Gasteiger partial charge in [0.1, 0.15) is 0 Å². The van der Waals surface area contributed by atoms with Crippen molar-refractivity contribution in [3.63, 3.8) is 0 Å². The Balaban J connectivity index is 2.98. The van der Waals surface area contributed by atoms with E-state index in [9.17, 15) is 14.9 Å². The molecule has 0 amide bonds. The Morgan fingerprint density at radius 1 is 1.46 bits per heavy atom. The van der Waals surface area contributed by atoms with E-state index >= 15 is 0 Å². The number of nitrogens with zero attached hydrogens (tertiary/aromatic N) is 1. The number of hydrogen-bond donors (Lipinski definition) is 0. The van der Waals surface area contributed by atoms with Gasteiger partial charge in [0.25, 0.3) is 5.69 Å². The van der Waals surface area contributed by atoms with Gasteiger partial charge in [0.15, 0.2) is 0 Å². The summed E-state index contributed by atoms with van der Waals surface area (Å²) < 4.78 is 0. The topological polar surface area (TPSA) is 60.2 Å². The summed E-state index contributed by atoms with van der Waals surface area (Å²) in [5.74, 6) is 0. The molecule has 0 aromatic heterocycles. The van der Waals surface area contributed by atoms with E-state index in [1.165, 1.54) is 24.3 Å². The second kappa shape index (κ2) is 4.15. The van der Waals surface area contributed by atoms with Crippen LogP contribution in [0.1, 0.15) is 5.56 Å². The van der Waals surface area contributed by atoms with E-state index < -0.39 is 4.92 Å². The van der Waals surface area contributed by atoms with Gasteiger partial charge < -0.3 is 0 Å². The number of carbonyl (C=O) groups excluding carboxylic acids is 1. The number of hydrogen-bond acceptors (Lipinski definition) is 3. The Bertz CT molecular complexity index is 358.